The zero-order valence-electron chi connectivity index (χ0n) is 19.5. The number of halogens is 1. The fourth-order valence-electron chi connectivity index (χ4n) is 5.58. The molecular formula is C28H34BrN3O. The summed E-state index contributed by atoms with van der Waals surface area (Å²) in [5.74, 6) is 1.13. The number of nitrogens with two attached hydrogens (primary N) is 1. The molecule has 33 heavy (non-hydrogen) atoms. The predicted octanol–water partition coefficient (Wildman–Crippen LogP) is 1.87. The van der Waals surface area contributed by atoms with Crippen LogP contribution in [0.1, 0.15) is 55.6 Å². The normalized spacial score (nSPS) is 18.4. The second-order valence-corrected chi connectivity index (χ2v) is 8.85. The maximum atomic E-state index is 13.3. The molecule has 0 spiro atoms. The number of imidazole rings is 1. The van der Waals surface area contributed by atoms with Crippen molar-refractivity contribution in [1.82, 2.24) is 4.57 Å². The van der Waals surface area contributed by atoms with Crippen LogP contribution >= 0.6 is 0 Å². The Kier molecular flexibility index (Phi) is 8.30. The topological polar surface area (TPSA) is 51.9 Å². The van der Waals surface area contributed by atoms with Crippen molar-refractivity contribution < 1.29 is 26.3 Å². The number of benzene rings is 2. The third-order valence-electron chi connectivity index (χ3n) is 7.16. The van der Waals surface area contributed by atoms with E-state index in [0.717, 1.165) is 43.4 Å². The van der Waals surface area contributed by atoms with Crippen molar-refractivity contribution >= 4 is 5.91 Å². The lowest BCUT2D eigenvalue weighted by Gasteiger charge is -2.37. The number of allylic oxidation sites excluding steroid dienone is 2. The van der Waals surface area contributed by atoms with Gasteiger partial charge in [-0.2, -0.15) is 0 Å². The van der Waals surface area contributed by atoms with Crippen molar-refractivity contribution in [3.05, 3.63) is 102 Å². The van der Waals surface area contributed by atoms with Crippen molar-refractivity contribution in [2.45, 2.75) is 57.5 Å². The van der Waals surface area contributed by atoms with E-state index in [-0.39, 0.29) is 28.8 Å². The van der Waals surface area contributed by atoms with Crippen LogP contribution in [0, 0.1) is 12.8 Å². The fraction of sp³-hybridized carbons (Fsp3) is 0.357. The molecular weight excluding hydrogens is 474 g/mol. The Balaban J connectivity index is 0.00000306. The molecule has 1 aliphatic carbocycles. The minimum atomic E-state index is -0.821. The Morgan fingerprint density at radius 3 is 2.21 bits per heavy atom. The zero-order valence-corrected chi connectivity index (χ0v) is 21.1. The van der Waals surface area contributed by atoms with Gasteiger partial charge in [0.05, 0.1) is 0 Å². The van der Waals surface area contributed by atoms with Crippen LogP contribution in [0.25, 0.3) is 0 Å². The Bertz CT molecular complexity index is 1040. The van der Waals surface area contributed by atoms with Crippen molar-refractivity contribution in [1.29, 1.82) is 0 Å². The van der Waals surface area contributed by atoms with Gasteiger partial charge in [-0.05, 0) is 48.8 Å². The van der Waals surface area contributed by atoms with Crippen LogP contribution in [0.3, 0.4) is 0 Å². The van der Waals surface area contributed by atoms with Crippen molar-refractivity contribution in [2.75, 3.05) is 0 Å². The maximum absolute atomic E-state index is 13.3. The predicted molar refractivity (Wildman–Crippen MR) is 128 cm³/mol. The molecule has 0 radical (unpaired) electrons. The monoisotopic (exact) mass is 507 g/mol. The molecule has 3 aromatic rings. The summed E-state index contributed by atoms with van der Waals surface area (Å²) in [6, 6.07) is 20.6. The van der Waals surface area contributed by atoms with E-state index in [4.69, 9.17) is 5.73 Å². The van der Waals surface area contributed by atoms with Gasteiger partial charge in [-0.3, -0.25) is 4.79 Å². The summed E-state index contributed by atoms with van der Waals surface area (Å²) in [5.41, 5.74) is 7.41. The molecule has 174 valence electrons. The Hall–Kier alpha value is -2.66. The summed E-state index contributed by atoms with van der Waals surface area (Å²) in [5, 5.41) is 0. The van der Waals surface area contributed by atoms with E-state index in [1.54, 1.807) is 0 Å². The number of carbonyl (C=O) groups excluding carboxylic acids is 1. The first kappa shape index (κ1) is 25.0. The van der Waals surface area contributed by atoms with E-state index in [1.165, 1.54) is 5.82 Å². The Morgan fingerprint density at radius 2 is 1.67 bits per heavy atom. The third kappa shape index (κ3) is 4.70. The number of hydrogen-bond acceptors (Lipinski definition) is 1. The van der Waals surface area contributed by atoms with Gasteiger partial charge in [-0.25, -0.2) is 9.13 Å². The van der Waals surface area contributed by atoms with Gasteiger partial charge in [0.1, 0.15) is 30.4 Å². The molecule has 5 heteroatoms. The zero-order chi connectivity index (χ0) is 22.6. The number of hydrogen-bond donors (Lipinski definition) is 1. The summed E-state index contributed by atoms with van der Waals surface area (Å²) in [4.78, 5) is 13.3. The van der Waals surface area contributed by atoms with Gasteiger partial charge in [0.2, 0.25) is 5.91 Å². The van der Waals surface area contributed by atoms with Gasteiger partial charge >= 0.3 is 0 Å². The minimum Gasteiger partial charge on any atom is -1.00 e. The summed E-state index contributed by atoms with van der Waals surface area (Å²) >= 11 is 0. The number of aromatic nitrogens is 2. The molecule has 4 rings (SSSR count). The highest BCUT2D eigenvalue weighted by Gasteiger charge is 2.51. The number of amides is 1. The molecule has 0 bridgehead atoms. The molecule has 2 atom stereocenters. The summed E-state index contributed by atoms with van der Waals surface area (Å²) in [6.07, 6.45) is 12.8. The van der Waals surface area contributed by atoms with Crippen molar-refractivity contribution in [2.24, 2.45) is 11.7 Å². The first-order valence-electron chi connectivity index (χ1n) is 11.7. The fourth-order valence-corrected chi connectivity index (χ4v) is 5.58. The minimum absolute atomic E-state index is 0. The highest BCUT2D eigenvalue weighted by Crippen LogP contribution is 2.49. The second kappa shape index (κ2) is 11.0. The standard InChI is InChI=1S/C28H33N3O.BrH/c1-3-4-11-18-30-19-20-31(22(30)2)26-17-16-25(21-26)28(27(29)32,23-12-7-5-8-13-23)24-14-9-6-10-15-24;/h4-15,19-20,25-26H,3,16-18,21H2,1-2H3,(H-,29,32);1H/t25-,26+;/m1./s1. The maximum Gasteiger partial charge on any atom is 0.253 e. The quantitative estimate of drug-likeness (QED) is 0.367. The van der Waals surface area contributed by atoms with Crippen LogP contribution < -0.4 is 27.3 Å². The molecule has 4 nitrogen and oxygen atoms in total. The summed E-state index contributed by atoms with van der Waals surface area (Å²) < 4.78 is 4.68. The number of carbonyl (C=O) groups is 1. The van der Waals surface area contributed by atoms with E-state index in [0.29, 0.717) is 6.04 Å². The summed E-state index contributed by atoms with van der Waals surface area (Å²) in [6.45, 7) is 5.23. The second-order valence-electron chi connectivity index (χ2n) is 8.85. The van der Waals surface area contributed by atoms with Gasteiger partial charge in [0.25, 0.3) is 5.82 Å². The lowest BCUT2D eigenvalue weighted by Crippen LogP contribution is -3.00. The molecule has 1 saturated carbocycles. The molecule has 0 saturated heterocycles. The van der Waals surface area contributed by atoms with E-state index in [2.05, 4.69) is 71.8 Å². The molecule has 0 unspecified atom stereocenters. The molecule has 2 aromatic carbocycles. The molecule has 1 amide bonds. The lowest BCUT2D eigenvalue weighted by molar-refractivity contribution is -0.692. The van der Waals surface area contributed by atoms with E-state index in [1.807, 2.05) is 36.4 Å². The summed E-state index contributed by atoms with van der Waals surface area (Å²) in [7, 11) is 0. The first-order chi connectivity index (χ1) is 15.6. The van der Waals surface area contributed by atoms with Crippen molar-refractivity contribution in [3.8, 4) is 0 Å². The molecule has 1 heterocycles. The van der Waals surface area contributed by atoms with E-state index >= 15 is 0 Å². The van der Waals surface area contributed by atoms with Crippen LogP contribution in [0.2, 0.25) is 0 Å². The number of primary amides is 1. The average molecular weight is 509 g/mol. The lowest BCUT2D eigenvalue weighted by atomic mass is 9.64. The molecule has 0 aliphatic heterocycles. The largest absolute Gasteiger partial charge is 1.00 e. The number of nitrogens with zero attached hydrogens (tertiary/aromatic N) is 2. The highest BCUT2D eigenvalue weighted by molar-refractivity contribution is 5.91. The molecule has 2 N–H and O–H groups in total. The van der Waals surface area contributed by atoms with E-state index < -0.39 is 5.41 Å². The van der Waals surface area contributed by atoms with Gasteiger partial charge < -0.3 is 22.7 Å². The van der Waals surface area contributed by atoms with Crippen LogP contribution in [0.5, 0.6) is 0 Å². The molecule has 1 fully saturated rings. The van der Waals surface area contributed by atoms with Gasteiger partial charge in [0, 0.05) is 6.92 Å². The van der Waals surface area contributed by atoms with Gasteiger partial charge in [-0.15, -0.1) is 0 Å². The van der Waals surface area contributed by atoms with Crippen LogP contribution in [-0.4, -0.2) is 10.5 Å². The number of rotatable bonds is 8. The molecule has 1 aromatic heterocycles. The Labute approximate surface area is 207 Å². The van der Waals surface area contributed by atoms with E-state index in [9.17, 15) is 4.79 Å². The molecule has 1 aliphatic rings. The smallest absolute Gasteiger partial charge is 0.253 e. The van der Waals surface area contributed by atoms with Crippen LogP contribution in [0.15, 0.2) is 85.2 Å². The van der Waals surface area contributed by atoms with Crippen LogP contribution in [-0.2, 0) is 16.8 Å². The first-order valence-corrected chi connectivity index (χ1v) is 11.7. The van der Waals surface area contributed by atoms with Gasteiger partial charge in [-0.1, -0.05) is 73.7 Å². The Morgan fingerprint density at radius 1 is 1.06 bits per heavy atom. The highest BCUT2D eigenvalue weighted by atomic mass is 79.9. The third-order valence-corrected chi connectivity index (χ3v) is 7.16. The van der Waals surface area contributed by atoms with Crippen LogP contribution in [0.4, 0.5) is 0 Å². The van der Waals surface area contributed by atoms with Gasteiger partial charge in [0.15, 0.2) is 0 Å². The van der Waals surface area contributed by atoms with Crippen molar-refractivity contribution in [3.63, 3.8) is 0 Å². The average Bonchev–Trinajstić information content (AvgIpc) is 3.43. The SMILES string of the molecule is CCC=CC[n+]1ccn([C@H]2CC[C@@H](C(C(N)=O)(c3ccccc3)c3ccccc3)C2)c1C.[Br-].